The van der Waals surface area contributed by atoms with Gasteiger partial charge in [-0.25, -0.2) is 4.79 Å². The van der Waals surface area contributed by atoms with Crippen molar-refractivity contribution in [3.8, 4) is 0 Å². The van der Waals surface area contributed by atoms with Crippen LogP contribution in [0.2, 0.25) is 0 Å². The molecule has 0 aliphatic rings. The number of hydrogen-bond donors (Lipinski definition) is 0. The first kappa shape index (κ1) is 23.1. The number of hydrogen-bond acceptors (Lipinski definition) is 4. The van der Waals surface area contributed by atoms with Crippen molar-refractivity contribution in [2.75, 3.05) is 0 Å². The predicted molar refractivity (Wildman–Crippen MR) is 145 cm³/mol. The number of rotatable bonds is 7. The minimum Gasteiger partial charge on any atom is -0.341 e. The van der Waals surface area contributed by atoms with Crippen LogP contribution in [-0.4, -0.2) is 16.2 Å². The first-order valence-corrected chi connectivity index (χ1v) is 12.8. The van der Waals surface area contributed by atoms with E-state index in [0.29, 0.717) is 6.42 Å². The third-order valence-corrected chi connectivity index (χ3v) is 7.32. The summed E-state index contributed by atoms with van der Waals surface area (Å²) in [7, 11) is 0. The molecule has 3 aromatic carbocycles. The zero-order valence-corrected chi connectivity index (χ0v) is 21.1. The molecule has 176 valence electrons. The summed E-state index contributed by atoms with van der Waals surface area (Å²) in [5.74, 6) is -0.422. The van der Waals surface area contributed by atoms with Crippen LogP contribution in [0.1, 0.15) is 41.0 Å². The second-order valence-corrected chi connectivity index (χ2v) is 9.84. The van der Waals surface area contributed by atoms with E-state index in [4.69, 9.17) is 4.84 Å². The molecule has 0 aliphatic carbocycles. The van der Waals surface area contributed by atoms with Gasteiger partial charge in [0.05, 0.1) is 5.71 Å². The number of nitrogens with zero attached hydrogens (tertiary/aromatic N) is 2. The Hall–Kier alpha value is -3.70. The molecular weight excluding hydrogens is 452 g/mol. The summed E-state index contributed by atoms with van der Waals surface area (Å²) in [5, 5.41) is 8.82. The highest BCUT2D eigenvalue weighted by molar-refractivity contribution is 7.09. The molecule has 0 spiro atoms. The van der Waals surface area contributed by atoms with Crippen molar-refractivity contribution < 1.29 is 9.63 Å². The van der Waals surface area contributed by atoms with E-state index in [0.717, 1.165) is 29.8 Å². The molecule has 2 aromatic heterocycles. The van der Waals surface area contributed by atoms with Gasteiger partial charge in [0.15, 0.2) is 0 Å². The number of aromatic nitrogens is 1. The van der Waals surface area contributed by atoms with Crippen molar-refractivity contribution in [2.24, 2.45) is 5.16 Å². The maximum absolute atomic E-state index is 11.6. The van der Waals surface area contributed by atoms with Crippen LogP contribution < -0.4 is 0 Å². The number of thiophene rings is 1. The van der Waals surface area contributed by atoms with Crippen molar-refractivity contribution in [1.29, 1.82) is 0 Å². The van der Waals surface area contributed by atoms with E-state index in [-0.39, 0.29) is 0 Å². The number of benzene rings is 3. The largest absolute Gasteiger partial charge is 0.341 e. The van der Waals surface area contributed by atoms with Crippen molar-refractivity contribution in [3.63, 3.8) is 0 Å². The highest BCUT2D eigenvalue weighted by atomic mass is 32.1. The lowest BCUT2D eigenvalue weighted by molar-refractivity contribution is -0.140. The van der Waals surface area contributed by atoms with E-state index in [1.807, 2.05) is 12.1 Å². The van der Waals surface area contributed by atoms with Crippen molar-refractivity contribution in [2.45, 2.75) is 40.2 Å². The van der Waals surface area contributed by atoms with Gasteiger partial charge in [-0.1, -0.05) is 47.6 Å². The van der Waals surface area contributed by atoms with E-state index in [9.17, 15) is 4.79 Å². The molecule has 0 saturated carbocycles. The van der Waals surface area contributed by atoms with Gasteiger partial charge in [-0.2, -0.15) is 0 Å². The van der Waals surface area contributed by atoms with Gasteiger partial charge in [-0.05, 0) is 66.2 Å². The number of oxime groups is 1. The smallest absolute Gasteiger partial charge is 0.331 e. The molecule has 0 unspecified atom stereocenters. The van der Waals surface area contributed by atoms with Gasteiger partial charge in [0.1, 0.15) is 0 Å². The zero-order valence-electron chi connectivity index (χ0n) is 20.2. The third-order valence-electron chi connectivity index (χ3n) is 6.44. The van der Waals surface area contributed by atoms with E-state index in [2.05, 4.69) is 89.6 Å². The summed E-state index contributed by atoms with van der Waals surface area (Å²) >= 11 is 1.79. The lowest BCUT2D eigenvalue weighted by Crippen LogP contribution is -2.09. The molecule has 0 aliphatic heterocycles. The minimum absolute atomic E-state index is 0.422. The molecule has 0 N–H and O–H groups in total. The summed E-state index contributed by atoms with van der Waals surface area (Å²) in [4.78, 5) is 18.0. The summed E-state index contributed by atoms with van der Waals surface area (Å²) < 4.78 is 2.35. The van der Waals surface area contributed by atoms with E-state index in [1.165, 1.54) is 44.7 Å². The van der Waals surface area contributed by atoms with Gasteiger partial charge in [0.2, 0.25) is 0 Å². The van der Waals surface area contributed by atoms with Crippen molar-refractivity contribution in [3.05, 3.63) is 105 Å². The summed E-state index contributed by atoms with van der Waals surface area (Å²) in [6, 6.07) is 25.8. The zero-order chi connectivity index (χ0) is 24.4. The molecule has 0 radical (unpaired) electrons. The molecule has 0 atom stereocenters. The Balaban J connectivity index is 1.63. The van der Waals surface area contributed by atoms with Gasteiger partial charge in [-0.15, -0.1) is 11.3 Å². The Morgan fingerprint density at radius 1 is 0.971 bits per heavy atom. The normalized spacial score (nSPS) is 11.9. The molecule has 0 bridgehead atoms. The van der Waals surface area contributed by atoms with Crippen LogP contribution in [0.4, 0.5) is 0 Å². The second-order valence-electron chi connectivity index (χ2n) is 8.81. The second kappa shape index (κ2) is 9.88. The quantitative estimate of drug-likeness (QED) is 0.139. The predicted octanol–water partition coefficient (Wildman–Crippen LogP) is 7.29. The van der Waals surface area contributed by atoms with Gasteiger partial charge in [0.25, 0.3) is 0 Å². The monoisotopic (exact) mass is 480 g/mol. The molecule has 5 aromatic rings. The maximum atomic E-state index is 11.6. The van der Waals surface area contributed by atoms with E-state index in [1.54, 1.807) is 11.3 Å². The molecule has 0 fully saturated rings. The molecule has 5 rings (SSSR count). The van der Waals surface area contributed by atoms with E-state index < -0.39 is 5.97 Å². The number of fused-ring (bicyclic) bond motifs is 3. The Bertz CT molecular complexity index is 1540. The Morgan fingerprint density at radius 2 is 1.74 bits per heavy atom. The highest BCUT2D eigenvalue weighted by Crippen LogP contribution is 2.32. The van der Waals surface area contributed by atoms with Crippen LogP contribution in [0.5, 0.6) is 0 Å². The maximum Gasteiger partial charge on any atom is 0.331 e. The average molecular weight is 481 g/mol. The van der Waals surface area contributed by atoms with Crippen molar-refractivity contribution >= 4 is 44.8 Å². The fourth-order valence-corrected chi connectivity index (χ4v) is 5.43. The fourth-order valence-electron chi connectivity index (χ4n) is 4.69. The molecule has 0 amide bonds. The molecule has 4 nitrogen and oxygen atoms in total. The Labute approximate surface area is 209 Å². The molecule has 5 heteroatoms. The number of carbonyl (C=O) groups excluding carboxylic acids is 1. The fraction of sp³-hybridized carbons (Fsp3) is 0.200. The first-order chi connectivity index (χ1) is 17.0. The average Bonchev–Trinajstić information content (AvgIpc) is 3.48. The van der Waals surface area contributed by atoms with E-state index >= 15 is 0 Å². The standard InChI is InChI=1S/C30H28N2O2S/c1-4-32-29-13-11-22(16-25-10-7-15-35-25)17-26(29)27-18-24(12-14-30(27)32)28(31-34-21(3)33)19-23-9-6-5-8-20(23)2/h5-15,17-18H,4,16,19H2,1-3H3/b31-28+. The number of carbonyl (C=O) groups is 1. The number of aryl methyl sites for hydroxylation is 2. The van der Waals surface area contributed by atoms with Gasteiger partial charge < -0.3 is 9.40 Å². The lowest BCUT2D eigenvalue weighted by atomic mass is 9.97. The van der Waals surface area contributed by atoms with Crippen LogP contribution in [0.15, 0.2) is 83.3 Å². The van der Waals surface area contributed by atoms with Crippen LogP contribution in [0.25, 0.3) is 21.8 Å². The van der Waals surface area contributed by atoms with Crippen LogP contribution in [0.3, 0.4) is 0 Å². The molecular formula is C30H28N2O2S. The van der Waals surface area contributed by atoms with Crippen molar-refractivity contribution in [1.82, 2.24) is 4.57 Å². The third kappa shape index (κ3) is 4.77. The summed E-state index contributed by atoms with van der Waals surface area (Å²) in [6.45, 7) is 6.54. The summed E-state index contributed by atoms with van der Waals surface area (Å²) in [5.41, 5.74) is 7.77. The Morgan fingerprint density at radius 3 is 2.46 bits per heavy atom. The molecule has 35 heavy (non-hydrogen) atoms. The molecule has 2 heterocycles. The van der Waals surface area contributed by atoms with Crippen LogP contribution >= 0.6 is 11.3 Å². The highest BCUT2D eigenvalue weighted by Gasteiger charge is 2.15. The van der Waals surface area contributed by atoms with Gasteiger partial charge in [-0.3, -0.25) is 0 Å². The first-order valence-electron chi connectivity index (χ1n) is 11.9. The van der Waals surface area contributed by atoms with Gasteiger partial charge in [0, 0.05) is 58.6 Å². The van der Waals surface area contributed by atoms with Crippen LogP contribution in [0, 0.1) is 6.92 Å². The SMILES string of the molecule is CCn1c2ccc(Cc3cccs3)cc2c2cc(/C(Cc3ccccc3C)=N/OC(C)=O)ccc21. The molecule has 0 saturated heterocycles. The minimum atomic E-state index is -0.422. The van der Waals surface area contributed by atoms with Gasteiger partial charge >= 0.3 is 5.97 Å². The summed E-state index contributed by atoms with van der Waals surface area (Å²) in [6.07, 6.45) is 1.51. The van der Waals surface area contributed by atoms with Crippen LogP contribution in [-0.2, 0) is 29.0 Å². The Kier molecular flexibility index (Phi) is 6.51. The topological polar surface area (TPSA) is 43.6 Å². The lowest BCUT2D eigenvalue weighted by Gasteiger charge is -2.10.